The molecule has 0 aliphatic heterocycles. The second kappa shape index (κ2) is 7.96. The van der Waals surface area contributed by atoms with Crippen LogP contribution in [0.5, 0.6) is 11.5 Å². The molecule has 7 nitrogen and oxygen atoms in total. The van der Waals surface area contributed by atoms with Crippen LogP contribution in [-0.4, -0.2) is 36.5 Å². The second-order valence-corrected chi connectivity index (χ2v) is 4.88. The Bertz CT molecular complexity index is 781. The van der Waals surface area contributed by atoms with Crippen molar-refractivity contribution in [3.05, 3.63) is 53.3 Å². The number of carbonyl (C=O) groups excluding carboxylic acids is 1. The van der Waals surface area contributed by atoms with Gasteiger partial charge in [0, 0.05) is 18.2 Å². The molecule has 1 amide bonds. The maximum Gasteiger partial charge on any atom is 0.270 e. The van der Waals surface area contributed by atoms with Gasteiger partial charge in [0.05, 0.1) is 14.2 Å². The van der Waals surface area contributed by atoms with E-state index in [1.807, 2.05) is 0 Å². The number of rotatable bonds is 7. The fourth-order valence-electron chi connectivity index (χ4n) is 2.07. The van der Waals surface area contributed by atoms with Crippen LogP contribution in [0.15, 0.2) is 47.8 Å². The molecule has 0 unspecified atom stereocenters. The van der Waals surface area contributed by atoms with E-state index in [9.17, 15) is 9.59 Å². The quantitative estimate of drug-likeness (QED) is 0.773. The standard InChI is InChI=1S/C17H19N3O4/c1-4-9-18-15(21)11-20-16(22)10-14(24-3)17(19-20)12-5-7-13(23-2)8-6-12/h4-8,10H,1,9,11H2,2-3H3,(H,18,21). The van der Waals surface area contributed by atoms with Crippen LogP contribution in [0.25, 0.3) is 11.3 Å². The van der Waals surface area contributed by atoms with Gasteiger partial charge in [-0.05, 0) is 24.3 Å². The van der Waals surface area contributed by atoms with Gasteiger partial charge < -0.3 is 14.8 Å². The van der Waals surface area contributed by atoms with Crippen molar-refractivity contribution in [3.8, 4) is 22.8 Å². The van der Waals surface area contributed by atoms with E-state index in [0.717, 1.165) is 10.2 Å². The molecular weight excluding hydrogens is 310 g/mol. The Balaban J connectivity index is 2.38. The summed E-state index contributed by atoms with van der Waals surface area (Å²) in [7, 11) is 3.04. The van der Waals surface area contributed by atoms with Crippen molar-refractivity contribution >= 4 is 5.91 Å². The molecule has 1 aromatic heterocycles. The van der Waals surface area contributed by atoms with Gasteiger partial charge in [-0.1, -0.05) is 6.08 Å². The molecule has 1 heterocycles. The molecule has 0 aliphatic carbocycles. The van der Waals surface area contributed by atoms with Gasteiger partial charge in [-0.3, -0.25) is 9.59 Å². The number of hydrogen-bond donors (Lipinski definition) is 1. The molecule has 126 valence electrons. The molecule has 1 N–H and O–H groups in total. The average Bonchev–Trinajstić information content (AvgIpc) is 2.61. The van der Waals surface area contributed by atoms with Crippen LogP contribution >= 0.6 is 0 Å². The molecule has 0 saturated heterocycles. The highest BCUT2D eigenvalue weighted by molar-refractivity contribution is 5.76. The monoisotopic (exact) mass is 329 g/mol. The molecule has 0 saturated carbocycles. The van der Waals surface area contributed by atoms with E-state index in [-0.39, 0.29) is 12.5 Å². The van der Waals surface area contributed by atoms with Gasteiger partial charge in [-0.2, -0.15) is 5.10 Å². The Kier molecular flexibility index (Phi) is 5.73. The van der Waals surface area contributed by atoms with Gasteiger partial charge in [0.1, 0.15) is 18.0 Å². The summed E-state index contributed by atoms with van der Waals surface area (Å²) in [5.74, 6) is 0.720. The number of benzene rings is 1. The maximum atomic E-state index is 12.1. The van der Waals surface area contributed by atoms with Crippen LogP contribution in [0.2, 0.25) is 0 Å². The number of aromatic nitrogens is 2. The average molecular weight is 329 g/mol. The number of methoxy groups -OCH3 is 2. The van der Waals surface area contributed by atoms with Gasteiger partial charge in [-0.15, -0.1) is 6.58 Å². The Hall–Kier alpha value is -3.09. The van der Waals surface area contributed by atoms with Crippen molar-refractivity contribution in [2.45, 2.75) is 6.54 Å². The van der Waals surface area contributed by atoms with Crippen LogP contribution < -0.4 is 20.3 Å². The lowest BCUT2D eigenvalue weighted by Crippen LogP contribution is -2.33. The van der Waals surface area contributed by atoms with E-state index in [2.05, 4.69) is 17.0 Å². The summed E-state index contributed by atoms with van der Waals surface area (Å²) in [5, 5.41) is 6.88. The lowest BCUT2D eigenvalue weighted by molar-refractivity contribution is -0.121. The first-order valence-corrected chi connectivity index (χ1v) is 7.27. The molecule has 0 radical (unpaired) electrons. The SMILES string of the molecule is C=CCNC(=O)Cn1nc(-c2ccc(OC)cc2)c(OC)cc1=O. The van der Waals surface area contributed by atoms with Crippen LogP contribution in [0, 0.1) is 0 Å². The molecule has 0 atom stereocenters. The molecule has 0 fully saturated rings. The Labute approximate surface area is 139 Å². The molecule has 0 bridgehead atoms. The fraction of sp³-hybridized carbons (Fsp3) is 0.235. The highest BCUT2D eigenvalue weighted by Crippen LogP contribution is 2.27. The summed E-state index contributed by atoms with van der Waals surface area (Å²) in [4.78, 5) is 23.9. The molecule has 1 aromatic carbocycles. The van der Waals surface area contributed by atoms with Crippen molar-refractivity contribution in [1.29, 1.82) is 0 Å². The van der Waals surface area contributed by atoms with Crippen molar-refractivity contribution in [2.24, 2.45) is 0 Å². The lowest BCUT2D eigenvalue weighted by atomic mass is 10.1. The zero-order chi connectivity index (χ0) is 17.5. The predicted octanol–water partition coefficient (Wildman–Crippen LogP) is 1.23. The van der Waals surface area contributed by atoms with Gasteiger partial charge in [-0.25, -0.2) is 4.68 Å². The van der Waals surface area contributed by atoms with Crippen LogP contribution in [0.3, 0.4) is 0 Å². The summed E-state index contributed by atoms with van der Waals surface area (Å²) in [5.41, 5.74) is 0.794. The zero-order valence-electron chi connectivity index (χ0n) is 13.6. The Morgan fingerprint density at radius 2 is 2.00 bits per heavy atom. The summed E-state index contributed by atoms with van der Waals surface area (Å²) in [6, 6.07) is 8.48. The first kappa shape index (κ1) is 17.3. The third kappa shape index (κ3) is 4.01. The van der Waals surface area contributed by atoms with Gasteiger partial charge >= 0.3 is 0 Å². The Morgan fingerprint density at radius 1 is 1.29 bits per heavy atom. The minimum atomic E-state index is -0.419. The van der Waals surface area contributed by atoms with E-state index in [0.29, 0.717) is 23.7 Å². The van der Waals surface area contributed by atoms with Gasteiger partial charge in [0.2, 0.25) is 5.91 Å². The van der Waals surface area contributed by atoms with Crippen molar-refractivity contribution < 1.29 is 14.3 Å². The van der Waals surface area contributed by atoms with E-state index in [1.165, 1.54) is 13.2 Å². The van der Waals surface area contributed by atoms with E-state index < -0.39 is 5.56 Å². The number of carbonyl (C=O) groups is 1. The first-order valence-electron chi connectivity index (χ1n) is 7.27. The lowest BCUT2D eigenvalue weighted by Gasteiger charge is -2.11. The fourth-order valence-corrected chi connectivity index (χ4v) is 2.07. The van der Waals surface area contributed by atoms with Crippen LogP contribution in [0.1, 0.15) is 0 Å². The van der Waals surface area contributed by atoms with E-state index in [4.69, 9.17) is 9.47 Å². The third-order valence-corrected chi connectivity index (χ3v) is 3.28. The number of amides is 1. The second-order valence-electron chi connectivity index (χ2n) is 4.88. The number of ether oxygens (including phenoxy) is 2. The van der Waals surface area contributed by atoms with Crippen LogP contribution in [0.4, 0.5) is 0 Å². The topological polar surface area (TPSA) is 82.5 Å². The molecule has 0 aliphatic rings. The van der Waals surface area contributed by atoms with E-state index >= 15 is 0 Å². The number of nitrogens with zero attached hydrogens (tertiary/aromatic N) is 2. The van der Waals surface area contributed by atoms with Crippen molar-refractivity contribution in [1.82, 2.24) is 15.1 Å². The first-order chi connectivity index (χ1) is 11.6. The highest BCUT2D eigenvalue weighted by Gasteiger charge is 2.13. The molecule has 7 heteroatoms. The van der Waals surface area contributed by atoms with Crippen LogP contribution in [-0.2, 0) is 11.3 Å². The predicted molar refractivity (Wildman–Crippen MR) is 90.2 cm³/mol. The molecular formula is C17H19N3O4. The smallest absolute Gasteiger partial charge is 0.270 e. The Morgan fingerprint density at radius 3 is 2.58 bits per heavy atom. The summed E-state index contributed by atoms with van der Waals surface area (Å²) in [6.07, 6.45) is 1.56. The minimum Gasteiger partial charge on any atom is -0.497 e. The van der Waals surface area contributed by atoms with Crippen molar-refractivity contribution in [3.63, 3.8) is 0 Å². The minimum absolute atomic E-state index is 0.181. The molecule has 2 aromatic rings. The number of nitrogens with one attached hydrogen (secondary N) is 1. The molecule has 0 spiro atoms. The molecule has 2 rings (SSSR count). The highest BCUT2D eigenvalue weighted by atomic mass is 16.5. The largest absolute Gasteiger partial charge is 0.497 e. The third-order valence-electron chi connectivity index (χ3n) is 3.28. The van der Waals surface area contributed by atoms with E-state index in [1.54, 1.807) is 37.5 Å². The molecule has 24 heavy (non-hydrogen) atoms. The summed E-state index contributed by atoms with van der Waals surface area (Å²) < 4.78 is 11.5. The van der Waals surface area contributed by atoms with Crippen molar-refractivity contribution in [2.75, 3.05) is 20.8 Å². The normalized spacial score (nSPS) is 10.1. The zero-order valence-corrected chi connectivity index (χ0v) is 13.6. The number of hydrogen-bond acceptors (Lipinski definition) is 5. The maximum absolute atomic E-state index is 12.1. The van der Waals surface area contributed by atoms with Gasteiger partial charge in [0.15, 0.2) is 5.75 Å². The summed E-state index contributed by atoms with van der Waals surface area (Å²) >= 11 is 0. The summed E-state index contributed by atoms with van der Waals surface area (Å²) in [6.45, 7) is 3.67. The van der Waals surface area contributed by atoms with Gasteiger partial charge in [0.25, 0.3) is 5.56 Å².